The van der Waals surface area contributed by atoms with Gasteiger partial charge in [0.1, 0.15) is 0 Å². The number of rotatable bonds is 3. The van der Waals surface area contributed by atoms with Crippen molar-refractivity contribution in [2.24, 2.45) is 7.05 Å². The number of aryl methyl sites for hydroxylation is 1. The van der Waals surface area contributed by atoms with E-state index in [0.717, 1.165) is 11.0 Å². The van der Waals surface area contributed by atoms with Crippen molar-refractivity contribution in [3.63, 3.8) is 0 Å². The van der Waals surface area contributed by atoms with Crippen molar-refractivity contribution in [1.29, 1.82) is 0 Å². The lowest BCUT2D eigenvalue weighted by Gasteiger charge is -2.25. The highest BCUT2D eigenvalue weighted by Gasteiger charge is 2.39. The summed E-state index contributed by atoms with van der Waals surface area (Å²) < 4.78 is 3.16. The Kier molecular flexibility index (Phi) is 3.40. The lowest BCUT2D eigenvalue weighted by molar-refractivity contribution is 0.425. The number of hydrogen-bond donors (Lipinski definition) is 1. The average Bonchev–Trinajstić information content (AvgIpc) is 2.73. The molecule has 1 N–H and O–H groups in total. The van der Waals surface area contributed by atoms with Gasteiger partial charge in [0.15, 0.2) is 0 Å². The zero-order valence-corrected chi connectivity index (χ0v) is 11.8. The van der Waals surface area contributed by atoms with Crippen LogP contribution >= 0.6 is 15.9 Å². The molecule has 3 nitrogen and oxygen atoms in total. The zero-order chi connectivity index (χ0) is 11.8. The lowest BCUT2D eigenvalue weighted by atomic mass is 9.84. The van der Waals surface area contributed by atoms with Crippen LogP contribution in [0.4, 0.5) is 0 Å². The molecule has 1 saturated carbocycles. The third-order valence-electron chi connectivity index (χ3n) is 3.70. The summed E-state index contributed by atoms with van der Waals surface area (Å²) in [5.74, 6) is 0. The van der Waals surface area contributed by atoms with Gasteiger partial charge >= 0.3 is 0 Å². The van der Waals surface area contributed by atoms with Crippen molar-refractivity contribution in [1.82, 2.24) is 15.1 Å². The van der Waals surface area contributed by atoms with Gasteiger partial charge in [0.25, 0.3) is 0 Å². The minimum absolute atomic E-state index is 0.261. The molecule has 1 heterocycles. The molecule has 0 bridgehead atoms. The van der Waals surface area contributed by atoms with Crippen LogP contribution in [0.1, 0.15) is 38.8 Å². The Morgan fingerprint density at radius 2 is 2.44 bits per heavy atom. The van der Waals surface area contributed by atoms with Crippen molar-refractivity contribution in [2.45, 2.75) is 44.6 Å². The highest BCUT2D eigenvalue weighted by Crippen LogP contribution is 2.43. The molecule has 0 spiro atoms. The van der Waals surface area contributed by atoms with Crippen LogP contribution in [0.2, 0.25) is 0 Å². The molecule has 2 unspecified atom stereocenters. The average molecular weight is 286 g/mol. The SMILES string of the molecule is CCNC1CCC(C)(c2c(Br)cnn2C)C1. The van der Waals surface area contributed by atoms with Gasteiger partial charge in [0.05, 0.1) is 16.4 Å². The Morgan fingerprint density at radius 1 is 1.69 bits per heavy atom. The van der Waals surface area contributed by atoms with Crippen LogP contribution in [0.5, 0.6) is 0 Å². The third kappa shape index (κ3) is 2.05. The molecule has 0 amide bonds. The molecule has 0 radical (unpaired) electrons. The summed E-state index contributed by atoms with van der Waals surface area (Å²) in [5.41, 5.74) is 1.60. The van der Waals surface area contributed by atoms with Crippen LogP contribution in [0.25, 0.3) is 0 Å². The fourth-order valence-electron chi connectivity index (χ4n) is 3.01. The monoisotopic (exact) mass is 285 g/mol. The maximum absolute atomic E-state index is 4.33. The lowest BCUT2D eigenvalue weighted by Crippen LogP contribution is -2.29. The highest BCUT2D eigenvalue weighted by atomic mass is 79.9. The summed E-state index contributed by atoms with van der Waals surface area (Å²) in [6.45, 7) is 5.59. The smallest absolute Gasteiger partial charge is 0.0635 e. The fourth-order valence-corrected chi connectivity index (χ4v) is 3.84. The maximum Gasteiger partial charge on any atom is 0.0635 e. The Hall–Kier alpha value is -0.350. The molecule has 4 heteroatoms. The second kappa shape index (κ2) is 4.49. The number of hydrogen-bond acceptors (Lipinski definition) is 2. The van der Waals surface area contributed by atoms with Gasteiger partial charge in [-0.3, -0.25) is 4.68 Å². The molecule has 1 fully saturated rings. The van der Waals surface area contributed by atoms with Crippen LogP contribution in [0, 0.1) is 0 Å². The van der Waals surface area contributed by atoms with Crippen molar-refractivity contribution in [3.05, 3.63) is 16.4 Å². The molecule has 2 rings (SSSR count). The Morgan fingerprint density at radius 3 is 3.00 bits per heavy atom. The molecule has 1 aliphatic rings. The number of nitrogens with zero attached hydrogens (tertiary/aromatic N) is 2. The van der Waals surface area contributed by atoms with E-state index in [1.54, 1.807) is 0 Å². The van der Waals surface area contributed by atoms with Gasteiger partial charge in [-0.2, -0.15) is 5.10 Å². The summed E-state index contributed by atoms with van der Waals surface area (Å²) in [6, 6.07) is 0.664. The first-order chi connectivity index (χ1) is 7.57. The molecular formula is C12H20BrN3. The first kappa shape index (κ1) is 12.1. The van der Waals surface area contributed by atoms with Crippen LogP contribution in [0.15, 0.2) is 10.7 Å². The van der Waals surface area contributed by atoms with E-state index in [1.807, 2.05) is 17.9 Å². The second-order valence-corrected chi connectivity index (χ2v) is 5.88. The first-order valence-electron chi connectivity index (χ1n) is 5.98. The van der Waals surface area contributed by atoms with Crippen molar-refractivity contribution >= 4 is 15.9 Å². The van der Waals surface area contributed by atoms with Crippen molar-refractivity contribution in [3.8, 4) is 0 Å². The summed E-state index contributed by atoms with van der Waals surface area (Å²) in [4.78, 5) is 0. The number of aromatic nitrogens is 2. The molecule has 90 valence electrons. The van der Waals surface area contributed by atoms with E-state index >= 15 is 0 Å². The molecule has 1 aliphatic carbocycles. The van der Waals surface area contributed by atoms with E-state index in [1.165, 1.54) is 25.0 Å². The zero-order valence-electron chi connectivity index (χ0n) is 10.3. The predicted molar refractivity (Wildman–Crippen MR) is 69.6 cm³/mol. The number of nitrogens with one attached hydrogen (secondary N) is 1. The largest absolute Gasteiger partial charge is 0.314 e. The molecule has 0 saturated heterocycles. The van der Waals surface area contributed by atoms with Crippen LogP contribution < -0.4 is 5.32 Å². The summed E-state index contributed by atoms with van der Waals surface area (Å²) >= 11 is 3.62. The third-order valence-corrected chi connectivity index (χ3v) is 4.28. The standard InChI is InChI=1S/C12H20BrN3/c1-4-14-9-5-6-12(2,7-9)11-10(13)8-15-16(11)3/h8-9,14H,4-7H2,1-3H3. The van der Waals surface area contributed by atoms with Crippen molar-refractivity contribution < 1.29 is 0 Å². The predicted octanol–water partition coefficient (Wildman–Crippen LogP) is 2.60. The van der Waals surface area contributed by atoms with E-state index in [0.29, 0.717) is 6.04 Å². The van der Waals surface area contributed by atoms with Gasteiger partial charge in [-0.25, -0.2) is 0 Å². The van der Waals surface area contributed by atoms with Gasteiger partial charge in [-0.1, -0.05) is 13.8 Å². The summed E-state index contributed by atoms with van der Waals surface area (Å²) in [5, 5.41) is 7.88. The van der Waals surface area contributed by atoms with Gasteiger partial charge in [0, 0.05) is 18.5 Å². The summed E-state index contributed by atoms with van der Waals surface area (Å²) in [7, 11) is 2.03. The topological polar surface area (TPSA) is 29.9 Å². The van der Waals surface area contributed by atoms with E-state index in [-0.39, 0.29) is 5.41 Å². The van der Waals surface area contributed by atoms with Gasteiger partial charge < -0.3 is 5.32 Å². The fraction of sp³-hybridized carbons (Fsp3) is 0.750. The van der Waals surface area contributed by atoms with Gasteiger partial charge in [0.2, 0.25) is 0 Å². The molecular weight excluding hydrogens is 266 g/mol. The van der Waals surface area contributed by atoms with Crippen LogP contribution in [-0.2, 0) is 12.5 Å². The van der Waals surface area contributed by atoms with E-state index in [4.69, 9.17) is 0 Å². The summed E-state index contributed by atoms with van der Waals surface area (Å²) in [6.07, 6.45) is 5.62. The quantitative estimate of drug-likeness (QED) is 0.925. The van der Waals surface area contributed by atoms with Crippen molar-refractivity contribution in [2.75, 3.05) is 6.54 Å². The number of halogens is 1. The molecule has 0 aliphatic heterocycles. The van der Waals surface area contributed by atoms with E-state index < -0.39 is 0 Å². The first-order valence-corrected chi connectivity index (χ1v) is 6.77. The molecule has 1 aromatic heterocycles. The maximum atomic E-state index is 4.33. The van der Waals surface area contributed by atoms with Gasteiger partial charge in [-0.05, 0) is 41.7 Å². The van der Waals surface area contributed by atoms with Crippen LogP contribution in [0.3, 0.4) is 0 Å². The minimum Gasteiger partial charge on any atom is -0.314 e. The molecule has 16 heavy (non-hydrogen) atoms. The second-order valence-electron chi connectivity index (χ2n) is 5.02. The molecule has 2 atom stereocenters. The Balaban J connectivity index is 2.21. The Bertz CT molecular complexity index is 355. The molecule has 1 aromatic rings. The molecule has 0 aromatic carbocycles. The Labute approximate surface area is 106 Å². The normalized spacial score (nSPS) is 29.9. The minimum atomic E-state index is 0.261. The highest BCUT2D eigenvalue weighted by molar-refractivity contribution is 9.10. The van der Waals surface area contributed by atoms with Gasteiger partial charge in [-0.15, -0.1) is 0 Å². The van der Waals surface area contributed by atoms with E-state index in [2.05, 4.69) is 40.2 Å². The van der Waals surface area contributed by atoms with Crippen LogP contribution in [-0.4, -0.2) is 22.4 Å². The van der Waals surface area contributed by atoms with E-state index in [9.17, 15) is 0 Å².